The number of carbonyl (C=O) groups excluding carboxylic acids is 2. The Morgan fingerprint density at radius 3 is 2.62 bits per heavy atom. The summed E-state index contributed by atoms with van der Waals surface area (Å²) in [6.45, 7) is 0.951. The highest BCUT2D eigenvalue weighted by molar-refractivity contribution is 6.34. The van der Waals surface area contributed by atoms with Crippen LogP contribution in [0, 0.1) is 6.92 Å². The number of amides is 1. The van der Waals surface area contributed by atoms with Crippen molar-refractivity contribution in [1.82, 2.24) is 0 Å². The lowest BCUT2D eigenvalue weighted by Crippen LogP contribution is -2.22. The Labute approximate surface area is 151 Å². The van der Waals surface area contributed by atoms with Crippen LogP contribution in [0.5, 0.6) is 0 Å². The fraction of sp³-hybridized carbons (Fsp3) is 0.176. The number of alkyl halides is 3. The number of hydrogen-bond acceptors (Lipinski definition) is 4. The maximum absolute atomic E-state index is 12.9. The monoisotopic (exact) mass is 387 g/mol. The Morgan fingerprint density at radius 2 is 2.00 bits per heavy atom. The summed E-state index contributed by atoms with van der Waals surface area (Å²) in [7, 11) is 0. The molecule has 9 heteroatoms. The summed E-state index contributed by atoms with van der Waals surface area (Å²) in [5.74, 6) is -0.754. The fourth-order valence-electron chi connectivity index (χ4n) is 1.94. The smallest absolute Gasteiger partial charge is 0.418 e. The highest BCUT2D eigenvalue weighted by atomic mass is 35.5. The lowest BCUT2D eigenvalue weighted by Gasteiger charge is -2.15. The number of carbonyl (C=O) groups is 2. The third-order valence-electron chi connectivity index (χ3n) is 3.07. The zero-order valence-corrected chi connectivity index (χ0v) is 14.1. The van der Waals surface area contributed by atoms with Gasteiger partial charge in [0.15, 0.2) is 6.61 Å². The third-order valence-corrected chi connectivity index (χ3v) is 3.39. The standard InChI is InChI=1S/C17H13ClF3NO4/c1-10-5-6-11(26-10)7-8-15(24)25-9-14(23)22-16-12(17(19,20)21)3-2-4-13(16)18/h2-8H,9H2,1H3,(H,22,23)/b8-7+. The molecule has 1 aromatic heterocycles. The molecule has 0 saturated heterocycles. The molecule has 0 fully saturated rings. The van der Waals surface area contributed by atoms with Crippen molar-refractivity contribution < 1.29 is 31.9 Å². The van der Waals surface area contributed by atoms with E-state index in [9.17, 15) is 22.8 Å². The van der Waals surface area contributed by atoms with Crippen LogP contribution in [0.1, 0.15) is 17.1 Å². The van der Waals surface area contributed by atoms with Crippen LogP contribution >= 0.6 is 11.6 Å². The summed E-state index contributed by atoms with van der Waals surface area (Å²) in [6, 6.07) is 6.41. The van der Waals surface area contributed by atoms with Gasteiger partial charge in [-0.25, -0.2) is 4.79 Å². The lowest BCUT2D eigenvalue weighted by atomic mass is 10.1. The Kier molecular flexibility index (Phi) is 6.10. The zero-order valence-electron chi connectivity index (χ0n) is 13.4. The second-order valence-corrected chi connectivity index (χ2v) is 5.50. The molecule has 1 amide bonds. The Hall–Kier alpha value is -2.74. The Bertz CT molecular complexity index is 843. The maximum atomic E-state index is 12.9. The first-order valence-electron chi connectivity index (χ1n) is 7.23. The summed E-state index contributed by atoms with van der Waals surface area (Å²) in [5, 5.41) is 1.72. The maximum Gasteiger partial charge on any atom is 0.418 e. The van der Waals surface area contributed by atoms with E-state index in [0.29, 0.717) is 11.5 Å². The van der Waals surface area contributed by atoms with E-state index in [-0.39, 0.29) is 5.02 Å². The van der Waals surface area contributed by atoms with E-state index < -0.39 is 35.9 Å². The summed E-state index contributed by atoms with van der Waals surface area (Å²) >= 11 is 5.72. The number of aryl methyl sites for hydroxylation is 1. The molecule has 0 radical (unpaired) electrons. The summed E-state index contributed by atoms with van der Waals surface area (Å²) < 4.78 is 48.7. The van der Waals surface area contributed by atoms with Crippen LogP contribution < -0.4 is 5.32 Å². The predicted molar refractivity (Wildman–Crippen MR) is 88.5 cm³/mol. The van der Waals surface area contributed by atoms with Crippen molar-refractivity contribution in [2.45, 2.75) is 13.1 Å². The van der Waals surface area contributed by atoms with Gasteiger partial charge in [0, 0.05) is 6.08 Å². The van der Waals surface area contributed by atoms with E-state index in [1.54, 1.807) is 19.1 Å². The molecule has 2 rings (SSSR count). The molecule has 0 unspecified atom stereocenters. The summed E-state index contributed by atoms with van der Waals surface area (Å²) in [5.41, 5.74) is -1.69. The summed E-state index contributed by atoms with van der Waals surface area (Å²) in [6.07, 6.45) is -2.33. The van der Waals surface area contributed by atoms with Gasteiger partial charge in [-0.15, -0.1) is 0 Å². The SMILES string of the molecule is Cc1ccc(/C=C/C(=O)OCC(=O)Nc2c(Cl)cccc2C(F)(F)F)o1. The molecule has 0 aliphatic carbocycles. The van der Waals surface area contributed by atoms with Crippen molar-refractivity contribution in [2.75, 3.05) is 11.9 Å². The van der Waals surface area contributed by atoms with Crippen LogP contribution in [-0.2, 0) is 20.5 Å². The first kappa shape index (κ1) is 19.6. The first-order chi connectivity index (χ1) is 12.2. The van der Waals surface area contributed by atoms with Crippen LogP contribution in [0.2, 0.25) is 5.02 Å². The van der Waals surface area contributed by atoms with Crippen molar-refractivity contribution in [3.8, 4) is 0 Å². The highest BCUT2D eigenvalue weighted by Gasteiger charge is 2.34. The quantitative estimate of drug-likeness (QED) is 0.607. The number of furan rings is 1. The van der Waals surface area contributed by atoms with Gasteiger partial charge < -0.3 is 14.5 Å². The lowest BCUT2D eigenvalue weighted by molar-refractivity contribution is -0.142. The summed E-state index contributed by atoms with van der Waals surface area (Å²) in [4.78, 5) is 23.3. The molecular formula is C17H13ClF3NO4. The molecule has 0 aliphatic rings. The Balaban J connectivity index is 1.95. The van der Waals surface area contributed by atoms with Gasteiger partial charge in [0.1, 0.15) is 11.5 Å². The molecule has 0 atom stereocenters. The topological polar surface area (TPSA) is 68.5 Å². The molecule has 1 aromatic carbocycles. The molecule has 5 nitrogen and oxygen atoms in total. The van der Waals surface area contributed by atoms with Crippen molar-refractivity contribution >= 4 is 35.2 Å². The number of rotatable bonds is 5. The van der Waals surface area contributed by atoms with Gasteiger partial charge in [0.25, 0.3) is 5.91 Å². The van der Waals surface area contributed by atoms with Crippen molar-refractivity contribution in [2.24, 2.45) is 0 Å². The molecule has 1 heterocycles. The second kappa shape index (κ2) is 8.09. The number of hydrogen-bond donors (Lipinski definition) is 1. The van der Waals surface area contributed by atoms with Gasteiger partial charge in [0.05, 0.1) is 16.3 Å². The molecule has 0 bridgehead atoms. The van der Waals surface area contributed by atoms with Gasteiger partial charge in [-0.1, -0.05) is 17.7 Å². The fourth-order valence-corrected chi connectivity index (χ4v) is 2.16. The molecular weight excluding hydrogens is 375 g/mol. The van der Waals surface area contributed by atoms with E-state index in [1.807, 2.05) is 5.32 Å². The van der Waals surface area contributed by atoms with Crippen LogP contribution in [0.3, 0.4) is 0 Å². The van der Waals surface area contributed by atoms with Gasteiger partial charge in [-0.3, -0.25) is 4.79 Å². The van der Waals surface area contributed by atoms with Crippen LogP contribution in [0.15, 0.2) is 40.8 Å². The number of benzene rings is 1. The minimum atomic E-state index is -4.70. The van der Waals surface area contributed by atoms with Gasteiger partial charge in [0.2, 0.25) is 0 Å². The molecule has 0 saturated carbocycles. The minimum Gasteiger partial charge on any atom is -0.462 e. The van der Waals surface area contributed by atoms with Crippen molar-refractivity contribution in [1.29, 1.82) is 0 Å². The van der Waals surface area contributed by atoms with Crippen LogP contribution in [0.4, 0.5) is 18.9 Å². The Morgan fingerprint density at radius 1 is 1.27 bits per heavy atom. The van der Waals surface area contributed by atoms with Gasteiger partial charge in [-0.2, -0.15) is 13.2 Å². The number of halogens is 4. The molecule has 138 valence electrons. The third kappa shape index (κ3) is 5.38. The van der Waals surface area contributed by atoms with Crippen molar-refractivity contribution in [3.63, 3.8) is 0 Å². The largest absolute Gasteiger partial charge is 0.462 e. The van der Waals surface area contributed by atoms with Gasteiger partial charge in [-0.05, 0) is 37.3 Å². The molecule has 1 N–H and O–H groups in total. The normalized spacial score (nSPS) is 11.6. The zero-order chi connectivity index (χ0) is 19.3. The molecule has 0 spiro atoms. The first-order valence-corrected chi connectivity index (χ1v) is 7.61. The highest BCUT2D eigenvalue weighted by Crippen LogP contribution is 2.38. The number of ether oxygens (including phenoxy) is 1. The van der Waals surface area contributed by atoms with E-state index in [4.69, 9.17) is 16.0 Å². The average molecular weight is 388 g/mol. The molecule has 2 aromatic rings. The van der Waals surface area contributed by atoms with Crippen LogP contribution in [-0.4, -0.2) is 18.5 Å². The minimum absolute atomic E-state index is 0.285. The van der Waals surface area contributed by atoms with E-state index >= 15 is 0 Å². The van der Waals surface area contributed by atoms with E-state index in [0.717, 1.165) is 18.2 Å². The number of nitrogens with one attached hydrogen (secondary N) is 1. The van der Waals surface area contributed by atoms with Crippen molar-refractivity contribution in [3.05, 3.63) is 58.5 Å². The number of esters is 1. The van der Waals surface area contributed by atoms with Crippen LogP contribution in [0.25, 0.3) is 6.08 Å². The molecule has 0 aliphatic heterocycles. The average Bonchev–Trinajstić information content (AvgIpc) is 2.97. The number of para-hydroxylation sites is 1. The van der Waals surface area contributed by atoms with E-state index in [1.165, 1.54) is 12.1 Å². The van der Waals surface area contributed by atoms with Gasteiger partial charge >= 0.3 is 12.1 Å². The predicted octanol–water partition coefficient (Wildman–Crippen LogP) is 4.46. The van der Waals surface area contributed by atoms with E-state index in [2.05, 4.69) is 4.74 Å². The number of anilines is 1. The molecule has 26 heavy (non-hydrogen) atoms. The second-order valence-electron chi connectivity index (χ2n) is 5.10.